The van der Waals surface area contributed by atoms with Crippen molar-refractivity contribution in [2.75, 3.05) is 0 Å². The van der Waals surface area contributed by atoms with Gasteiger partial charge in [0.25, 0.3) is 0 Å². The van der Waals surface area contributed by atoms with E-state index in [0.29, 0.717) is 5.92 Å². The molecule has 0 bridgehead atoms. The molecular formula is C16H25NO2. The molecule has 2 unspecified atom stereocenters. The third kappa shape index (κ3) is 6.97. The zero-order chi connectivity index (χ0) is 14.3. The molecular weight excluding hydrogens is 238 g/mol. The van der Waals surface area contributed by atoms with Crippen LogP contribution in [0.4, 0.5) is 0 Å². The van der Waals surface area contributed by atoms with Crippen molar-refractivity contribution in [1.29, 1.82) is 0 Å². The van der Waals surface area contributed by atoms with Crippen LogP contribution in [0.25, 0.3) is 0 Å². The standard InChI is InChI=1S/C16H25NO2/c1-12-5-3-7-14(9-12)8-4-6-13(2)10-15(17)11-16(18)19/h3,5,7,9,13,15H,4,6,8,10-11,17H2,1-2H3,(H,18,19). The van der Waals surface area contributed by atoms with Crippen LogP contribution in [-0.4, -0.2) is 17.1 Å². The van der Waals surface area contributed by atoms with E-state index in [1.165, 1.54) is 11.1 Å². The molecule has 2 atom stereocenters. The summed E-state index contributed by atoms with van der Waals surface area (Å²) in [5, 5.41) is 8.67. The number of aliphatic carboxylic acids is 1. The SMILES string of the molecule is Cc1cccc(CCCC(C)CC(N)CC(=O)O)c1. The highest BCUT2D eigenvalue weighted by molar-refractivity contribution is 5.67. The molecule has 3 N–H and O–H groups in total. The Morgan fingerprint density at radius 1 is 1.42 bits per heavy atom. The summed E-state index contributed by atoms with van der Waals surface area (Å²) in [6.45, 7) is 4.26. The number of rotatable bonds is 8. The molecule has 106 valence electrons. The highest BCUT2D eigenvalue weighted by Crippen LogP contribution is 2.16. The van der Waals surface area contributed by atoms with Crippen LogP contribution in [0.15, 0.2) is 24.3 Å². The molecule has 0 aromatic heterocycles. The van der Waals surface area contributed by atoms with Crippen molar-refractivity contribution in [3.63, 3.8) is 0 Å². The van der Waals surface area contributed by atoms with Gasteiger partial charge in [0.2, 0.25) is 0 Å². The van der Waals surface area contributed by atoms with Gasteiger partial charge in [-0.25, -0.2) is 0 Å². The second-order valence-electron chi connectivity index (χ2n) is 5.58. The van der Waals surface area contributed by atoms with E-state index in [-0.39, 0.29) is 12.5 Å². The van der Waals surface area contributed by atoms with Gasteiger partial charge in [-0.15, -0.1) is 0 Å². The molecule has 0 aliphatic heterocycles. The minimum atomic E-state index is -0.806. The van der Waals surface area contributed by atoms with Gasteiger partial charge in [0.15, 0.2) is 0 Å². The van der Waals surface area contributed by atoms with E-state index in [2.05, 4.69) is 38.1 Å². The topological polar surface area (TPSA) is 63.3 Å². The molecule has 0 fully saturated rings. The Morgan fingerprint density at radius 2 is 2.16 bits per heavy atom. The van der Waals surface area contributed by atoms with E-state index in [1.807, 2.05) is 0 Å². The first-order chi connectivity index (χ1) is 8.97. The smallest absolute Gasteiger partial charge is 0.304 e. The van der Waals surface area contributed by atoms with Crippen LogP contribution in [-0.2, 0) is 11.2 Å². The van der Waals surface area contributed by atoms with Crippen molar-refractivity contribution >= 4 is 5.97 Å². The lowest BCUT2D eigenvalue weighted by molar-refractivity contribution is -0.137. The Morgan fingerprint density at radius 3 is 2.79 bits per heavy atom. The predicted molar refractivity (Wildman–Crippen MR) is 78.1 cm³/mol. The van der Waals surface area contributed by atoms with Crippen molar-refractivity contribution in [3.8, 4) is 0 Å². The molecule has 0 saturated heterocycles. The molecule has 1 rings (SSSR count). The van der Waals surface area contributed by atoms with E-state index >= 15 is 0 Å². The van der Waals surface area contributed by atoms with Crippen molar-refractivity contribution in [1.82, 2.24) is 0 Å². The molecule has 3 nitrogen and oxygen atoms in total. The Kier molecular flexibility index (Phi) is 6.57. The fraction of sp³-hybridized carbons (Fsp3) is 0.562. The summed E-state index contributed by atoms with van der Waals surface area (Å²) < 4.78 is 0. The summed E-state index contributed by atoms with van der Waals surface area (Å²) in [5.74, 6) is -0.321. The van der Waals surface area contributed by atoms with E-state index in [4.69, 9.17) is 10.8 Å². The molecule has 0 aliphatic rings. The summed E-state index contributed by atoms with van der Waals surface area (Å²) in [7, 11) is 0. The number of carboxylic acids is 1. The van der Waals surface area contributed by atoms with Crippen LogP contribution in [0.1, 0.15) is 43.7 Å². The highest BCUT2D eigenvalue weighted by Gasteiger charge is 2.12. The van der Waals surface area contributed by atoms with Gasteiger partial charge in [0, 0.05) is 6.04 Å². The number of carbonyl (C=O) groups is 1. The molecule has 0 aliphatic carbocycles. The zero-order valence-corrected chi connectivity index (χ0v) is 11.9. The molecule has 0 radical (unpaired) electrons. The maximum atomic E-state index is 10.5. The first-order valence-corrected chi connectivity index (χ1v) is 7.00. The number of aryl methyl sites for hydroxylation is 2. The Hall–Kier alpha value is -1.35. The first-order valence-electron chi connectivity index (χ1n) is 7.00. The fourth-order valence-corrected chi connectivity index (χ4v) is 2.46. The summed E-state index contributed by atoms with van der Waals surface area (Å²) in [6, 6.07) is 8.37. The summed E-state index contributed by atoms with van der Waals surface area (Å²) in [5.41, 5.74) is 8.47. The predicted octanol–water partition coefficient (Wildman–Crippen LogP) is 3.15. The Balaban J connectivity index is 2.23. The van der Waals surface area contributed by atoms with Gasteiger partial charge in [-0.05, 0) is 37.7 Å². The molecule has 3 heteroatoms. The molecule has 0 spiro atoms. The van der Waals surface area contributed by atoms with Gasteiger partial charge in [0.1, 0.15) is 0 Å². The third-order valence-corrected chi connectivity index (χ3v) is 3.39. The van der Waals surface area contributed by atoms with Crippen LogP contribution in [0.2, 0.25) is 0 Å². The van der Waals surface area contributed by atoms with Gasteiger partial charge >= 0.3 is 5.97 Å². The molecule has 0 amide bonds. The minimum absolute atomic E-state index is 0.0716. The second kappa shape index (κ2) is 7.95. The monoisotopic (exact) mass is 263 g/mol. The van der Waals surface area contributed by atoms with Crippen molar-refractivity contribution in [2.45, 2.75) is 52.0 Å². The van der Waals surface area contributed by atoms with E-state index in [1.54, 1.807) is 0 Å². The summed E-state index contributed by atoms with van der Waals surface area (Å²) >= 11 is 0. The second-order valence-corrected chi connectivity index (χ2v) is 5.58. The van der Waals surface area contributed by atoms with E-state index in [0.717, 1.165) is 25.7 Å². The maximum absolute atomic E-state index is 10.5. The fourth-order valence-electron chi connectivity index (χ4n) is 2.46. The first kappa shape index (κ1) is 15.7. The van der Waals surface area contributed by atoms with Gasteiger partial charge in [-0.1, -0.05) is 43.2 Å². The van der Waals surface area contributed by atoms with E-state index in [9.17, 15) is 4.79 Å². The molecule has 1 aromatic carbocycles. The van der Waals surface area contributed by atoms with Crippen LogP contribution in [0, 0.1) is 12.8 Å². The van der Waals surface area contributed by atoms with E-state index < -0.39 is 5.97 Å². The number of hydrogen-bond donors (Lipinski definition) is 2. The summed E-state index contributed by atoms with van der Waals surface area (Å²) in [4.78, 5) is 10.5. The molecule has 0 heterocycles. The lowest BCUT2D eigenvalue weighted by Crippen LogP contribution is -2.26. The quantitative estimate of drug-likeness (QED) is 0.757. The Labute approximate surface area is 115 Å². The van der Waals surface area contributed by atoms with Crippen LogP contribution >= 0.6 is 0 Å². The minimum Gasteiger partial charge on any atom is -0.481 e. The highest BCUT2D eigenvalue weighted by atomic mass is 16.4. The largest absolute Gasteiger partial charge is 0.481 e. The summed E-state index contributed by atoms with van der Waals surface area (Å²) in [6.07, 6.45) is 4.17. The molecule has 1 aromatic rings. The van der Waals surface area contributed by atoms with Gasteiger partial charge in [-0.2, -0.15) is 0 Å². The lowest BCUT2D eigenvalue weighted by Gasteiger charge is -2.15. The molecule has 19 heavy (non-hydrogen) atoms. The third-order valence-electron chi connectivity index (χ3n) is 3.39. The van der Waals surface area contributed by atoms with Gasteiger partial charge < -0.3 is 10.8 Å². The van der Waals surface area contributed by atoms with Crippen LogP contribution < -0.4 is 5.73 Å². The normalized spacial score (nSPS) is 14.1. The van der Waals surface area contributed by atoms with Crippen LogP contribution in [0.3, 0.4) is 0 Å². The Bertz CT molecular complexity index is 403. The number of benzene rings is 1. The van der Waals surface area contributed by atoms with Gasteiger partial charge in [-0.3, -0.25) is 4.79 Å². The average molecular weight is 263 g/mol. The average Bonchev–Trinajstić information content (AvgIpc) is 2.27. The van der Waals surface area contributed by atoms with Crippen molar-refractivity contribution in [3.05, 3.63) is 35.4 Å². The maximum Gasteiger partial charge on any atom is 0.304 e. The number of hydrogen-bond acceptors (Lipinski definition) is 2. The number of nitrogens with two attached hydrogens (primary N) is 1. The zero-order valence-electron chi connectivity index (χ0n) is 11.9. The lowest BCUT2D eigenvalue weighted by atomic mass is 9.94. The van der Waals surface area contributed by atoms with Crippen molar-refractivity contribution < 1.29 is 9.90 Å². The van der Waals surface area contributed by atoms with Crippen LogP contribution in [0.5, 0.6) is 0 Å². The van der Waals surface area contributed by atoms with Crippen molar-refractivity contribution in [2.24, 2.45) is 11.7 Å². The molecule has 0 saturated carbocycles. The number of carboxylic acid groups (broad SMARTS) is 1. The van der Waals surface area contributed by atoms with Gasteiger partial charge in [0.05, 0.1) is 6.42 Å².